The second-order valence-corrected chi connectivity index (χ2v) is 5.73. The molecule has 22 heavy (non-hydrogen) atoms. The van der Waals surface area contributed by atoms with Crippen LogP contribution in [0.4, 0.5) is 0 Å². The fourth-order valence-corrected chi connectivity index (χ4v) is 3.05. The van der Waals surface area contributed by atoms with Crippen LogP contribution >= 0.6 is 24.8 Å². The summed E-state index contributed by atoms with van der Waals surface area (Å²) in [5, 5.41) is 3.41. The van der Waals surface area contributed by atoms with Crippen LogP contribution in [-0.2, 0) is 4.79 Å². The first kappa shape index (κ1) is 19.2. The Morgan fingerprint density at radius 3 is 2.27 bits per heavy atom. The lowest BCUT2D eigenvalue weighted by Gasteiger charge is -2.35. The van der Waals surface area contributed by atoms with E-state index in [-0.39, 0.29) is 30.8 Å². The number of hydrogen-bond acceptors (Lipinski definition) is 4. The number of nitrogens with one attached hydrogen (secondary N) is 1. The lowest BCUT2D eigenvalue weighted by atomic mass is 9.99. The van der Waals surface area contributed by atoms with E-state index in [2.05, 4.69) is 22.3 Å². The minimum atomic E-state index is -0.265. The summed E-state index contributed by atoms with van der Waals surface area (Å²) in [5.74, 6) is 1.17. The predicted molar refractivity (Wildman–Crippen MR) is 92.2 cm³/mol. The van der Waals surface area contributed by atoms with E-state index in [0.29, 0.717) is 11.8 Å². The normalized spacial score (nSPS) is 19.5. The van der Waals surface area contributed by atoms with Gasteiger partial charge in [0.1, 0.15) is 5.75 Å². The molecule has 2 aliphatic rings. The molecule has 0 unspecified atom stereocenters. The summed E-state index contributed by atoms with van der Waals surface area (Å²) in [5.41, 5.74) is 1.35. The Morgan fingerprint density at radius 2 is 1.77 bits per heavy atom. The number of piperazine rings is 1. The van der Waals surface area contributed by atoms with Gasteiger partial charge in [-0.25, -0.2) is 0 Å². The molecule has 6 heteroatoms. The third-order valence-electron chi connectivity index (χ3n) is 4.10. The summed E-state index contributed by atoms with van der Waals surface area (Å²) < 4.78 is 5.11. The van der Waals surface area contributed by atoms with E-state index >= 15 is 0 Å². The van der Waals surface area contributed by atoms with E-state index in [1.807, 2.05) is 12.1 Å². The van der Waals surface area contributed by atoms with Crippen molar-refractivity contribution in [3.8, 4) is 5.75 Å². The summed E-state index contributed by atoms with van der Waals surface area (Å²) in [4.78, 5) is 13.6. The number of hydrogen-bond donors (Lipinski definition) is 1. The number of carbonyl (C=O) groups excluding carboxylic acids is 1. The van der Waals surface area contributed by atoms with Crippen molar-refractivity contribution in [2.45, 2.75) is 25.8 Å². The molecule has 2 fully saturated rings. The van der Waals surface area contributed by atoms with Gasteiger partial charge in [-0.3, -0.25) is 9.69 Å². The molecule has 1 aliphatic carbocycles. The van der Waals surface area contributed by atoms with Crippen LogP contribution in [0.5, 0.6) is 5.75 Å². The van der Waals surface area contributed by atoms with E-state index in [1.165, 1.54) is 25.3 Å². The lowest BCUT2D eigenvalue weighted by molar-refractivity contribution is -0.131. The van der Waals surface area contributed by atoms with Gasteiger partial charge in [-0.05, 0) is 36.5 Å². The van der Waals surface area contributed by atoms with Gasteiger partial charge in [0.15, 0.2) is 0 Å². The first-order chi connectivity index (χ1) is 9.74. The number of ether oxygens (including phenoxy) is 1. The average Bonchev–Trinajstić information content (AvgIpc) is 3.26. The molecule has 4 nitrogen and oxygen atoms in total. The average molecular weight is 347 g/mol. The quantitative estimate of drug-likeness (QED) is 0.672. The van der Waals surface area contributed by atoms with Crippen LogP contribution in [-0.4, -0.2) is 37.0 Å². The topological polar surface area (TPSA) is 41.6 Å². The number of nitrogens with zero attached hydrogens (tertiary/aromatic N) is 1. The first-order valence-electron chi connectivity index (χ1n) is 7.47. The number of benzene rings is 1. The molecule has 1 aliphatic heterocycles. The lowest BCUT2D eigenvalue weighted by Crippen LogP contribution is -2.45. The Hall–Kier alpha value is -0.810. The first-order valence-corrected chi connectivity index (χ1v) is 7.47. The van der Waals surface area contributed by atoms with Crippen molar-refractivity contribution >= 4 is 30.8 Å². The van der Waals surface area contributed by atoms with Crippen molar-refractivity contribution < 1.29 is 9.53 Å². The molecule has 1 aromatic carbocycles. The van der Waals surface area contributed by atoms with E-state index in [1.54, 1.807) is 0 Å². The van der Waals surface area contributed by atoms with Gasteiger partial charge in [0.05, 0.1) is 0 Å². The fourth-order valence-electron chi connectivity index (χ4n) is 3.05. The van der Waals surface area contributed by atoms with Crippen LogP contribution in [0.25, 0.3) is 0 Å². The van der Waals surface area contributed by atoms with Gasteiger partial charge in [-0.15, -0.1) is 24.8 Å². The van der Waals surface area contributed by atoms with Crippen molar-refractivity contribution in [2.75, 3.05) is 26.2 Å². The summed E-state index contributed by atoms with van der Waals surface area (Å²) >= 11 is 0. The Labute approximate surface area is 144 Å². The molecule has 1 saturated carbocycles. The van der Waals surface area contributed by atoms with Crippen molar-refractivity contribution in [1.82, 2.24) is 10.2 Å². The molecule has 1 atom stereocenters. The van der Waals surface area contributed by atoms with Gasteiger partial charge in [0.2, 0.25) is 0 Å². The standard InChI is InChI=1S/C16H22N2O2.2ClH/c1-12(19)20-15-6-4-14(5-7-15)16(13-2-3-13)18-10-8-17-9-11-18;;/h4-7,13,16-17H,2-3,8-11H2,1H3;2*1H/t16-;;/m1../s1. The van der Waals surface area contributed by atoms with Crippen molar-refractivity contribution in [1.29, 1.82) is 0 Å². The molecular weight excluding hydrogens is 323 g/mol. The van der Waals surface area contributed by atoms with E-state index in [4.69, 9.17) is 4.74 Å². The highest BCUT2D eigenvalue weighted by molar-refractivity contribution is 5.85. The second kappa shape index (κ2) is 8.73. The molecule has 0 bridgehead atoms. The van der Waals surface area contributed by atoms with Gasteiger partial charge >= 0.3 is 5.97 Å². The third kappa shape index (κ3) is 4.85. The van der Waals surface area contributed by atoms with Gasteiger partial charge < -0.3 is 10.1 Å². The molecule has 1 N–H and O–H groups in total. The molecule has 124 valence electrons. The zero-order valence-electron chi connectivity index (χ0n) is 12.8. The smallest absolute Gasteiger partial charge is 0.308 e. The maximum Gasteiger partial charge on any atom is 0.308 e. The number of carbonyl (C=O) groups is 1. The van der Waals surface area contributed by atoms with Crippen molar-refractivity contribution in [3.05, 3.63) is 29.8 Å². The molecule has 0 aromatic heterocycles. The summed E-state index contributed by atoms with van der Waals surface area (Å²) in [7, 11) is 0. The highest BCUT2D eigenvalue weighted by Crippen LogP contribution is 2.44. The van der Waals surface area contributed by atoms with Crippen LogP contribution in [0.1, 0.15) is 31.4 Å². The number of rotatable bonds is 4. The van der Waals surface area contributed by atoms with Crippen molar-refractivity contribution in [3.63, 3.8) is 0 Å². The van der Waals surface area contributed by atoms with Crippen LogP contribution in [0.2, 0.25) is 0 Å². The summed E-state index contributed by atoms with van der Waals surface area (Å²) in [6.07, 6.45) is 2.67. The minimum absolute atomic E-state index is 0. The minimum Gasteiger partial charge on any atom is -0.427 e. The Kier molecular flexibility index (Phi) is 7.63. The van der Waals surface area contributed by atoms with E-state index in [0.717, 1.165) is 32.1 Å². The van der Waals surface area contributed by atoms with Gasteiger partial charge in [0, 0.05) is 39.1 Å². The molecule has 1 aromatic rings. The predicted octanol–water partition coefficient (Wildman–Crippen LogP) is 2.81. The summed E-state index contributed by atoms with van der Waals surface area (Å²) in [6.45, 7) is 5.82. The maximum absolute atomic E-state index is 11.0. The molecule has 1 saturated heterocycles. The fraction of sp³-hybridized carbons (Fsp3) is 0.562. The highest BCUT2D eigenvalue weighted by Gasteiger charge is 2.36. The van der Waals surface area contributed by atoms with Crippen LogP contribution < -0.4 is 10.1 Å². The van der Waals surface area contributed by atoms with Crippen LogP contribution in [0.3, 0.4) is 0 Å². The Bertz CT molecular complexity index is 472. The zero-order valence-corrected chi connectivity index (χ0v) is 14.4. The SMILES string of the molecule is CC(=O)Oc1ccc([C@@H](C2CC2)N2CCNCC2)cc1.Cl.Cl. The van der Waals surface area contributed by atoms with Crippen LogP contribution in [0.15, 0.2) is 24.3 Å². The maximum atomic E-state index is 11.0. The molecule has 0 spiro atoms. The Balaban J connectivity index is 0.00000121. The van der Waals surface area contributed by atoms with Gasteiger partial charge in [0.25, 0.3) is 0 Å². The molecule has 1 heterocycles. The largest absolute Gasteiger partial charge is 0.427 e. The van der Waals surface area contributed by atoms with E-state index in [9.17, 15) is 4.79 Å². The monoisotopic (exact) mass is 346 g/mol. The number of esters is 1. The number of halogens is 2. The van der Waals surface area contributed by atoms with Crippen LogP contribution in [0, 0.1) is 5.92 Å². The third-order valence-corrected chi connectivity index (χ3v) is 4.10. The molecule has 3 rings (SSSR count). The molecule has 0 amide bonds. The van der Waals surface area contributed by atoms with E-state index < -0.39 is 0 Å². The van der Waals surface area contributed by atoms with Gasteiger partial charge in [-0.2, -0.15) is 0 Å². The zero-order chi connectivity index (χ0) is 13.9. The Morgan fingerprint density at radius 1 is 1.18 bits per heavy atom. The molecule has 0 radical (unpaired) electrons. The highest BCUT2D eigenvalue weighted by atomic mass is 35.5. The second-order valence-electron chi connectivity index (χ2n) is 5.73. The van der Waals surface area contributed by atoms with Crippen molar-refractivity contribution in [2.24, 2.45) is 5.92 Å². The van der Waals surface area contributed by atoms with Gasteiger partial charge in [-0.1, -0.05) is 12.1 Å². The molecular formula is C16H24Cl2N2O2. The summed E-state index contributed by atoms with van der Waals surface area (Å²) in [6, 6.07) is 8.58.